The van der Waals surface area contributed by atoms with Crippen LogP contribution in [0.15, 0.2) is 24.3 Å². The second-order valence-corrected chi connectivity index (χ2v) is 5.08. The summed E-state index contributed by atoms with van der Waals surface area (Å²) in [7, 11) is 1.60. The third kappa shape index (κ3) is 3.36. The fraction of sp³-hybridized carbons (Fsp3) is 0.467. The molecule has 1 unspecified atom stereocenters. The highest BCUT2D eigenvalue weighted by Crippen LogP contribution is 2.10. The number of nitrogens with zero attached hydrogens (tertiary/aromatic N) is 1. The smallest absolute Gasteiger partial charge is 0.243 e. The van der Waals surface area contributed by atoms with E-state index in [1.54, 1.807) is 11.9 Å². The predicted molar refractivity (Wildman–Crippen MR) is 77.3 cm³/mol. The number of carbonyl (C=O) groups excluding carboxylic acids is 2. The van der Waals surface area contributed by atoms with Gasteiger partial charge in [-0.05, 0) is 12.5 Å². The SMILES string of the molecule is CNC(=O)C1CNCCN1C(=O)Cc1ccc(C)cc1. The van der Waals surface area contributed by atoms with Crippen LogP contribution in [0.2, 0.25) is 0 Å². The Morgan fingerprint density at radius 3 is 2.70 bits per heavy atom. The Bertz CT molecular complexity index is 484. The Hall–Kier alpha value is -1.88. The Morgan fingerprint density at radius 1 is 1.35 bits per heavy atom. The number of aryl methyl sites for hydroxylation is 1. The number of amides is 2. The minimum Gasteiger partial charge on any atom is -0.357 e. The average molecular weight is 275 g/mol. The van der Waals surface area contributed by atoms with Crippen LogP contribution in [0.3, 0.4) is 0 Å². The number of rotatable bonds is 3. The molecule has 0 aromatic heterocycles. The van der Waals surface area contributed by atoms with Crippen molar-refractivity contribution in [3.05, 3.63) is 35.4 Å². The van der Waals surface area contributed by atoms with Gasteiger partial charge in [0.1, 0.15) is 6.04 Å². The average Bonchev–Trinajstić information content (AvgIpc) is 2.48. The lowest BCUT2D eigenvalue weighted by Crippen LogP contribution is -2.59. The number of hydrogen-bond donors (Lipinski definition) is 2. The highest BCUT2D eigenvalue weighted by molar-refractivity contribution is 5.88. The van der Waals surface area contributed by atoms with Crippen LogP contribution in [-0.4, -0.2) is 49.4 Å². The van der Waals surface area contributed by atoms with Gasteiger partial charge >= 0.3 is 0 Å². The largest absolute Gasteiger partial charge is 0.357 e. The number of nitrogens with one attached hydrogen (secondary N) is 2. The highest BCUT2D eigenvalue weighted by Gasteiger charge is 2.31. The van der Waals surface area contributed by atoms with Crippen molar-refractivity contribution in [2.75, 3.05) is 26.7 Å². The van der Waals surface area contributed by atoms with Crippen molar-refractivity contribution in [1.82, 2.24) is 15.5 Å². The van der Waals surface area contributed by atoms with E-state index in [1.807, 2.05) is 31.2 Å². The second-order valence-electron chi connectivity index (χ2n) is 5.08. The van der Waals surface area contributed by atoms with E-state index in [9.17, 15) is 9.59 Å². The number of benzene rings is 1. The van der Waals surface area contributed by atoms with Gasteiger partial charge in [-0.25, -0.2) is 0 Å². The van der Waals surface area contributed by atoms with Crippen LogP contribution in [-0.2, 0) is 16.0 Å². The first-order chi connectivity index (χ1) is 9.61. The fourth-order valence-electron chi connectivity index (χ4n) is 2.39. The zero-order chi connectivity index (χ0) is 14.5. The van der Waals surface area contributed by atoms with Crippen molar-refractivity contribution in [1.29, 1.82) is 0 Å². The van der Waals surface area contributed by atoms with Gasteiger partial charge in [0.25, 0.3) is 0 Å². The summed E-state index contributed by atoms with van der Waals surface area (Å²) in [6, 6.07) is 7.51. The van der Waals surface area contributed by atoms with Gasteiger partial charge in [-0.1, -0.05) is 29.8 Å². The van der Waals surface area contributed by atoms with Gasteiger partial charge in [0, 0.05) is 26.7 Å². The van der Waals surface area contributed by atoms with Crippen LogP contribution in [0.1, 0.15) is 11.1 Å². The van der Waals surface area contributed by atoms with Gasteiger partial charge < -0.3 is 15.5 Å². The molecule has 1 aliphatic rings. The number of hydrogen-bond acceptors (Lipinski definition) is 3. The van der Waals surface area contributed by atoms with Gasteiger partial charge in [0.15, 0.2) is 0 Å². The van der Waals surface area contributed by atoms with Gasteiger partial charge in [0.05, 0.1) is 6.42 Å². The molecule has 2 rings (SSSR count). The van der Waals surface area contributed by atoms with E-state index in [0.29, 0.717) is 19.5 Å². The molecule has 1 aromatic rings. The van der Waals surface area contributed by atoms with E-state index < -0.39 is 6.04 Å². The van der Waals surface area contributed by atoms with Crippen molar-refractivity contribution >= 4 is 11.8 Å². The standard InChI is InChI=1S/C15H21N3O2/c1-11-3-5-12(6-4-11)9-14(19)18-8-7-17-10-13(18)15(20)16-2/h3-6,13,17H,7-10H2,1-2H3,(H,16,20). The van der Waals surface area contributed by atoms with Gasteiger partial charge in [-0.3, -0.25) is 9.59 Å². The zero-order valence-corrected chi connectivity index (χ0v) is 12.0. The predicted octanol–water partition coefficient (Wildman–Crippen LogP) is 0.0839. The van der Waals surface area contributed by atoms with Crippen molar-refractivity contribution < 1.29 is 9.59 Å². The molecule has 1 heterocycles. The van der Waals surface area contributed by atoms with Gasteiger partial charge in [-0.2, -0.15) is 0 Å². The normalized spacial score (nSPS) is 18.7. The van der Waals surface area contributed by atoms with Crippen LogP contribution in [0.5, 0.6) is 0 Å². The molecule has 1 aromatic carbocycles. The van der Waals surface area contributed by atoms with Gasteiger partial charge in [0.2, 0.25) is 11.8 Å². The summed E-state index contributed by atoms with van der Waals surface area (Å²) in [5, 5.41) is 5.77. The molecule has 5 heteroatoms. The lowest BCUT2D eigenvalue weighted by Gasteiger charge is -2.35. The minimum absolute atomic E-state index is 0.00366. The van der Waals surface area contributed by atoms with E-state index in [0.717, 1.165) is 12.1 Å². The van der Waals surface area contributed by atoms with E-state index in [4.69, 9.17) is 0 Å². The molecule has 1 fully saturated rings. The molecule has 1 aliphatic heterocycles. The Labute approximate surface area is 119 Å². The van der Waals surface area contributed by atoms with Crippen LogP contribution < -0.4 is 10.6 Å². The molecule has 0 radical (unpaired) electrons. The lowest BCUT2D eigenvalue weighted by molar-refractivity contribution is -0.140. The van der Waals surface area contributed by atoms with E-state index in [2.05, 4.69) is 10.6 Å². The zero-order valence-electron chi connectivity index (χ0n) is 12.0. The van der Waals surface area contributed by atoms with Crippen molar-refractivity contribution in [2.24, 2.45) is 0 Å². The summed E-state index contributed by atoms with van der Waals surface area (Å²) in [6.07, 6.45) is 0.341. The lowest BCUT2D eigenvalue weighted by atomic mass is 10.1. The summed E-state index contributed by atoms with van der Waals surface area (Å²) in [5.74, 6) is -0.113. The first-order valence-corrected chi connectivity index (χ1v) is 6.89. The number of likely N-dealkylation sites (N-methyl/N-ethyl adjacent to an activating group) is 1. The van der Waals surface area contributed by atoms with E-state index in [-0.39, 0.29) is 11.8 Å². The molecule has 1 atom stereocenters. The molecular weight excluding hydrogens is 254 g/mol. The molecule has 0 bridgehead atoms. The molecule has 108 valence electrons. The maximum absolute atomic E-state index is 12.4. The second kappa shape index (κ2) is 6.52. The summed E-state index contributed by atoms with van der Waals surface area (Å²) < 4.78 is 0. The molecule has 2 amide bonds. The molecular formula is C15H21N3O2. The third-order valence-corrected chi connectivity index (χ3v) is 3.59. The first kappa shape index (κ1) is 14.5. The molecule has 1 saturated heterocycles. The van der Waals surface area contributed by atoms with Crippen molar-refractivity contribution in [2.45, 2.75) is 19.4 Å². The maximum atomic E-state index is 12.4. The summed E-state index contributed by atoms with van der Waals surface area (Å²) >= 11 is 0. The minimum atomic E-state index is -0.410. The third-order valence-electron chi connectivity index (χ3n) is 3.59. The van der Waals surface area contributed by atoms with Crippen LogP contribution in [0.4, 0.5) is 0 Å². The first-order valence-electron chi connectivity index (χ1n) is 6.89. The maximum Gasteiger partial charge on any atom is 0.243 e. The fourth-order valence-corrected chi connectivity index (χ4v) is 2.39. The van der Waals surface area contributed by atoms with E-state index >= 15 is 0 Å². The Morgan fingerprint density at radius 2 is 2.05 bits per heavy atom. The molecule has 0 saturated carbocycles. The number of piperazine rings is 1. The Balaban J connectivity index is 2.05. The molecule has 2 N–H and O–H groups in total. The molecule has 0 aliphatic carbocycles. The van der Waals surface area contributed by atoms with E-state index in [1.165, 1.54) is 5.56 Å². The molecule has 20 heavy (non-hydrogen) atoms. The van der Waals surface area contributed by atoms with Crippen molar-refractivity contribution in [3.63, 3.8) is 0 Å². The quantitative estimate of drug-likeness (QED) is 0.821. The van der Waals surface area contributed by atoms with Crippen molar-refractivity contribution in [3.8, 4) is 0 Å². The topological polar surface area (TPSA) is 61.4 Å². The monoisotopic (exact) mass is 275 g/mol. The molecule has 5 nitrogen and oxygen atoms in total. The van der Waals surface area contributed by atoms with Crippen LogP contribution in [0, 0.1) is 6.92 Å². The highest BCUT2D eigenvalue weighted by atomic mass is 16.2. The Kier molecular flexibility index (Phi) is 4.74. The van der Waals surface area contributed by atoms with Crippen LogP contribution >= 0.6 is 0 Å². The van der Waals surface area contributed by atoms with Crippen LogP contribution in [0.25, 0.3) is 0 Å². The summed E-state index contributed by atoms with van der Waals surface area (Å²) in [6.45, 7) is 3.83. The summed E-state index contributed by atoms with van der Waals surface area (Å²) in [5.41, 5.74) is 2.15. The molecule has 0 spiro atoms. The summed E-state index contributed by atoms with van der Waals surface area (Å²) in [4.78, 5) is 25.9. The number of carbonyl (C=O) groups is 2. The van der Waals surface area contributed by atoms with Gasteiger partial charge in [-0.15, -0.1) is 0 Å².